The van der Waals surface area contributed by atoms with Crippen LogP contribution in [0.4, 0.5) is 0 Å². The van der Waals surface area contributed by atoms with E-state index in [1.54, 1.807) is 0 Å². The van der Waals surface area contributed by atoms with Gasteiger partial charge in [-0.1, -0.05) is 30.4 Å². The fourth-order valence-electron chi connectivity index (χ4n) is 3.15. The molecule has 7 nitrogen and oxygen atoms in total. The summed E-state index contributed by atoms with van der Waals surface area (Å²) in [4.78, 5) is 0. The molecule has 0 fully saturated rings. The van der Waals surface area contributed by atoms with E-state index in [-0.39, 0.29) is 29.7 Å². The lowest BCUT2D eigenvalue weighted by Gasteiger charge is -2.33. The Hall–Kier alpha value is -2.67. The van der Waals surface area contributed by atoms with E-state index >= 15 is 0 Å². The molecule has 6 N–H and O–H groups in total. The van der Waals surface area contributed by atoms with Crippen LogP contribution in [0.5, 0.6) is 11.5 Å². The molecule has 1 atom stereocenters. The number of nitrogens with one attached hydrogen (secondary N) is 4. The van der Waals surface area contributed by atoms with Crippen molar-refractivity contribution in [3.8, 4) is 11.5 Å². The largest absolute Gasteiger partial charge is 0.486 e. The molecule has 0 radical (unpaired) electrons. The van der Waals surface area contributed by atoms with Crippen molar-refractivity contribution in [3.63, 3.8) is 0 Å². The maximum Gasteiger partial charge on any atom is 0.195 e. The first-order chi connectivity index (χ1) is 12.1. The zero-order valence-electron chi connectivity index (χ0n) is 14.4. The number of guanidine groups is 2. The zero-order valence-corrected chi connectivity index (χ0v) is 15.2. The Labute approximate surface area is 159 Å². The Morgan fingerprint density at radius 2 is 1.92 bits per heavy atom. The number of hydrogen-bond acceptors (Lipinski definition) is 4. The Morgan fingerprint density at radius 1 is 1.15 bits per heavy atom. The molecule has 1 aliphatic heterocycles. The molecule has 3 rings (SSSR count). The van der Waals surface area contributed by atoms with Crippen molar-refractivity contribution in [2.75, 3.05) is 19.8 Å². The second-order valence-corrected chi connectivity index (χ2v) is 6.10. The van der Waals surface area contributed by atoms with Crippen LogP contribution in [0, 0.1) is 10.8 Å². The summed E-state index contributed by atoms with van der Waals surface area (Å²) in [6.45, 7) is 1.72. The highest BCUT2D eigenvalue weighted by Gasteiger charge is 2.30. The van der Waals surface area contributed by atoms with Crippen LogP contribution in [0.2, 0.25) is 0 Å². The third-order valence-electron chi connectivity index (χ3n) is 4.39. The summed E-state index contributed by atoms with van der Waals surface area (Å²) in [5, 5.41) is 20.3. The molecule has 1 heterocycles. The van der Waals surface area contributed by atoms with E-state index in [1.165, 1.54) is 0 Å². The third-order valence-corrected chi connectivity index (χ3v) is 4.39. The van der Waals surface area contributed by atoms with Gasteiger partial charge in [0.05, 0.1) is 0 Å². The van der Waals surface area contributed by atoms with Crippen molar-refractivity contribution in [1.29, 1.82) is 10.8 Å². The molecule has 0 saturated carbocycles. The number of allylic oxidation sites excluding steroid dienone is 4. The SMILES string of the molecule is Cl.N=C(N)NC(=N)NCCC1(c2ccc3c(c2)OCCO3)C=CC=CC1. The van der Waals surface area contributed by atoms with Crippen LogP contribution < -0.4 is 25.8 Å². The Balaban J connectivity index is 0.00000243. The minimum absolute atomic E-state index is 0. The maximum atomic E-state index is 7.72. The first kappa shape index (κ1) is 19.7. The van der Waals surface area contributed by atoms with Gasteiger partial charge in [0, 0.05) is 12.0 Å². The quantitative estimate of drug-likeness (QED) is 0.406. The molecular formula is C18H24ClN5O2. The van der Waals surface area contributed by atoms with Crippen LogP contribution in [0.15, 0.2) is 42.5 Å². The van der Waals surface area contributed by atoms with Gasteiger partial charge in [-0.15, -0.1) is 12.4 Å². The molecular weight excluding hydrogens is 354 g/mol. The number of rotatable bonds is 4. The number of halogens is 1. The van der Waals surface area contributed by atoms with Gasteiger partial charge in [0.1, 0.15) is 13.2 Å². The van der Waals surface area contributed by atoms with Crippen LogP contribution in [0.1, 0.15) is 18.4 Å². The fourth-order valence-corrected chi connectivity index (χ4v) is 3.15. The van der Waals surface area contributed by atoms with Gasteiger partial charge >= 0.3 is 0 Å². The van der Waals surface area contributed by atoms with Gasteiger partial charge in [-0.3, -0.25) is 16.1 Å². The van der Waals surface area contributed by atoms with Gasteiger partial charge in [-0.05, 0) is 30.5 Å². The van der Waals surface area contributed by atoms with Crippen molar-refractivity contribution >= 4 is 24.3 Å². The molecule has 1 aromatic carbocycles. The van der Waals surface area contributed by atoms with E-state index in [9.17, 15) is 0 Å². The Morgan fingerprint density at radius 3 is 2.62 bits per heavy atom. The van der Waals surface area contributed by atoms with Crippen LogP contribution in [-0.4, -0.2) is 31.7 Å². The van der Waals surface area contributed by atoms with Gasteiger partial charge in [0.25, 0.3) is 0 Å². The average Bonchev–Trinajstić information content (AvgIpc) is 2.61. The number of nitrogens with two attached hydrogens (primary N) is 1. The molecule has 1 aliphatic carbocycles. The van der Waals surface area contributed by atoms with Crippen LogP contribution in [0.3, 0.4) is 0 Å². The smallest absolute Gasteiger partial charge is 0.195 e. The van der Waals surface area contributed by atoms with Crippen molar-refractivity contribution in [3.05, 3.63) is 48.1 Å². The predicted molar refractivity (Wildman–Crippen MR) is 105 cm³/mol. The van der Waals surface area contributed by atoms with Crippen molar-refractivity contribution in [2.45, 2.75) is 18.3 Å². The molecule has 0 bridgehead atoms. The van der Waals surface area contributed by atoms with Crippen LogP contribution in [0.25, 0.3) is 0 Å². The molecule has 1 unspecified atom stereocenters. The van der Waals surface area contributed by atoms with Crippen molar-refractivity contribution < 1.29 is 9.47 Å². The highest BCUT2D eigenvalue weighted by Crippen LogP contribution is 2.40. The van der Waals surface area contributed by atoms with Gasteiger partial charge in [0.15, 0.2) is 23.4 Å². The van der Waals surface area contributed by atoms with Crippen LogP contribution >= 0.6 is 12.4 Å². The molecule has 8 heteroatoms. The molecule has 0 aromatic heterocycles. The molecule has 140 valence electrons. The first-order valence-electron chi connectivity index (χ1n) is 8.27. The summed E-state index contributed by atoms with van der Waals surface area (Å²) in [6.07, 6.45) is 10.1. The summed E-state index contributed by atoms with van der Waals surface area (Å²) in [7, 11) is 0. The lowest BCUT2D eigenvalue weighted by Crippen LogP contribution is -2.44. The van der Waals surface area contributed by atoms with Crippen molar-refractivity contribution in [1.82, 2.24) is 10.6 Å². The standard InChI is InChI=1S/C18H23N5O2.ClH/c19-16(20)23-17(21)22-9-8-18(6-2-1-3-7-18)13-4-5-14-15(12-13)25-11-10-24-14;/h1-6,12H,7-11H2,(H6,19,20,21,22,23);1H. The lowest BCUT2D eigenvalue weighted by atomic mass is 9.73. The summed E-state index contributed by atoms with van der Waals surface area (Å²) in [6, 6.07) is 6.10. The summed E-state index contributed by atoms with van der Waals surface area (Å²) >= 11 is 0. The lowest BCUT2D eigenvalue weighted by molar-refractivity contribution is 0.171. The Kier molecular flexibility index (Phi) is 6.52. The predicted octanol–water partition coefficient (Wildman–Crippen LogP) is 2.03. The molecule has 2 aliphatic rings. The Bertz CT molecular complexity index is 734. The van der Waals surface area contributed by atoms with Crippen molar-refractivity contribution in [2.24, 2.45) is 5.73 Å². The normalized spacial score (nSPS) is 20.0. The third kappa shape index (κ3) is 4.49. The second kappa shape index (κ2) is 8.62. The number of ether oxygens (including phenoxy) is 2. The van der Waals surface area contributed by atoms with E-state index in [1.807, 2.05) is 12.1 Å². The fraction of sp³-hybridized carbons (Fsp3) is 0.333. The van der Waals surface area contributed by atoms with Crippen LogP contribution in [-0.2, 0) is 5.41 Å². The van der Waals surface area contributed by atoms with Gasteiger partial charge in [-0.2, -0.15) is 0 Å². The van der Waals surface area contributed by atoms with E-state index in [0.29, 0.717) is 19.8 Å². The maximum absolute atomic E-state index is 7.72. The molecule has 0 amide bonds. The topological polar surface area (TPSA) is 116 Å². The van der Waals surface area contributed by atoms with E-state index in [0.717, 1.165) is 29.9 Å². The number of hydrogen-bond donors (Lipinski definition) is 5. The number of benzene rings is 1. The summed E-state index contributed by atoms with van der Waals surface area (Å²) < 4.78 is 11.3. The van der Waals surface area contributed by atoms with E-state index in [4.69, 9.17) is 26.0 Å². The summed E-state index contributed by atoms with van der Waals surface area (Å²) in [5.74, 6) is 1.34. The minimum atomic E-state index is -0.250. The van der Waals surface area contributed by atoms with E-state index in [2.05, 4.69) is 41.0 Å². The minimum Gasteiger partial charge on any atom is -0.486 e. The van der Waals surface area contributed by atoms with Gasteiger partial charge in [0.2, 0.25) is 0 Å². The highest BCUT2D eigenvalue weighted by atomic mass is 35.5. The monoisotopic (exact) mass is 377 g/mol. The highest BCUT2D eigenvalue weighted by molar-refractivity contribution is 5.94. The average molecular weight is 378 g/mol. The molecule has 1 aromatic rings. The summed E-state index contributed by atoms with van der Waals surface area (Å²) in [5.41, 5.74) is 6.22. The first-order valence-corrected chi connectivity index (χ1v) is 8.27. The zero-order chi connectivity index (χ0) is 17.7. The van der Waals surface area contributed by atoms with E-state index < -0.39 is 0 Å². The van der Waals surface area contributed by atoms with Gasteiger partial charge < -0.3 is 20.5 Å². The molecule has 0 saturated heterocycles. The molecule has 26 heavy (non-hydrogen) atoms. The molecule has 0 spiro atoms. The second-order valence-electron chi connectivity index (χ2n) is 6.10. The van der Waals surface area contributed by atoms with Gasteiger partial charge in [-0.25, -0.2) is 0 Å². The number of fused-ring (bicyclic) bond motifs is 1.